The minimum atomic E-state index is -0.493. The van der Waals surface area contributed by atoms with Crippen LogP contribution >= 0.6 is 12.2 Å². The third-order valence-electron chi connectivity index (χ3n) is 0.789. The van der Waals surface area contributed by atoms with E-state index in [-0.39, 0.29) is 0 Å². The minimum absolute atomic E-state index is 0.340. The van der Waals surface area contributed by atoms with Crippen LogP contribution in [0.25, 0.3) is 0 Å². The van der Waals surface area contributed by atoms with E-state index in [1.165, 1.54) is 11.7 Å². The second kappa shape index (κ2) is 4.93. The molecule has 3 nitrogen and oxygen atoms in total. The van der Waals surface area contributed by atoms with Gasteiger partial charge in [-0.1, -0.05) is 18.8 Å². The summed E-state index contributed by atoms with van der Waals surface area (Å²) < 4.78 is 4.60. The Bertz CT molecular complexity index is 139. The fourth-order valence-electron chi connectivity index (χ4n) is 0.359. The molecule has 0 heterocycles. The third-order valence-corrected chi connectivity index (χ3v) is 1.02. The topological polar surface area (TPSA) is 29.5 Å². The highest BCUT2D eigenvalue weighted by Crippen LogP contribution is 1.90. The van der Waals surface area contributed by atoms with E-state index in [1.807, 2.05) is 0 Å². The van der Waals surface area contributed by atoms with E-state index in [4.69, 9.17) is 0 Å². The normalized spacial score (nSPS) is 8.10. The van der Waals surface area contributed by atoms with E-state index in [0.29, 0.717) is 6.61 Å². The molecule has 0 aliphatic rings. The first kappa shape index (κ1) is 9.10. The van der Waals surface area contributed by atoms with Crippen molar-refractivity contribution in [3.8, 4) is 0 Å². The van der Waals surface area contributed by atoms with Gasteiger partial charge in [0.25, 0.3) is 0 Å². The summed E-state index contributed by atoms with van der Waals surface area (Å²) in [4.78, 5) is 11.8. The summed E-state index contributed by atoms with van der Waals surface area (Å²) in [6.07, 6.45) is 0.804. The lowest BCUT2D eigenvalue weighted by Gasteiger charge is -2.09. The molecule has 0 aromatic rings. The average molecular weight is 159 g/mol. The summed E-state index contributed by atoms with van der Waals surface area (Å²) in [5.41, 5.74) is 1.17. The first-order chi connectivity index (χ1) is 4.76. The highest BCUT2D eigenvalue weighted by Gasteiger charge is 2.05. The molecule has 0 saturated carbocycles. The Hall–Kier alpha value is -0.900. The molecule has 0 aromatic heterocycles. The van der Waals surface area contributed by atoms with Crippen LogP contribution in [0.3, 0.4) is 0 Å². The van der Waals surface area contributed by atoms with Crippen molar-refractivity contribution in [2.75, 3.05) is 6.61 Å². The zero-order valence-corrected chi connectivity index (χ0v) is 6.56. The van der Waals surface area contributed by atoms with Gasteiger partial charge in [0.2, 0.25) is 0 Å². The van der Waals surface area contributed by atoms with Gasteiger partial charge in [-0.3, -0.25) is 4.90 Å². The molecular formula is C6H9NO2S. The van der Waals surface area contributed by atoms with E-state index in [9.17, 15) is 4.79 Å². The van der Waals surface area contributed by atoms with E-state index < -0.39 is 6.09 Å². The summed E-state index contributed by atoms with van der Waals surface area (Å²) in [7, 11) is 0. The quantitative estimate of drug-likeness (QED) is 0.585. The van der Waals surface area contributed by atoms with Crippen LogP contribution in [0.2, 0.25) is 0 Å². The molecule has 1 amide bonds. The van der Waals surface area contributed by atoms with Gasteiger partial charge in [-0.25, -0.2) is 4.79 Å². The summed E-state index contributed by atoms with van der Waals surface area (Å²) in [5.74, 6) is 0. The Morgan fingerprint density at radius 3 is 2.80 bits per heavy atom. The van der Waals surface area contributed by atoms with E-state index in [0.717, 1.165) is 4.90 Å². The SMILES string of the molecule is C=CN(C=S)C(=O)OCC. The second-order valence-electron chi connectivity index (χ2n) is 1.39. The van der Waals surface area contributed by atoms with Gasteiger partial charge in [0, 0.05) is 6.20 Å². The zero-order valence-electron chi connectivity index (χ0n) is 5.74. The van der Waals surface area contributed by atoms with Gasteiger partial charge < -0.3 is 4.74 Å². The second-order valence-corrected chi connectivity index (χ2v) is 1.60. The van der Waals surface area contributed by atoms with Crippen LogP contribution in [0.4, 0.5) is 4.79 Å². The molecule has 0 aromatic carbocycles. The van der Waals surface area contributed by atoms with Crippen LogP contribution in [0, 0.1) is 0 Å². The van der Waals surface area contributed by atoms with Gasteiger partial charge >= 0.3 is 6.09 Å². The maximum Gasteiger partial charge on any atom is 0.418 e. The Labute approximate surface area is 65.3 Å². The van der Waals surface area contributed by atoms with Gasteiger partial charge in [0.1, 0.15) is 0 Å². The maximum absolute atomic E-state index is 10.7. The lowest BCUT2D eigenvalue weighted by molar-refractivity contribution is 0.139. The molecule has 0 spiro atoms. The summed E-state index contributed by atoms with van der Waals surface area (Å²) in [5, 5.41) is 0. The molecule has 0 atom stereocenters. The molecule has 0 unspecified atom stereocenters. The van der Waals surface area contributed by atoms with E-state index in [1.54, 1.807) is 6.92 Å². The Morgan fingerprint density at radius 2 is 2.50 bits per heavy atom. The molecule has 0 saturated heterocycles. The molecule has 0 bridgehead atoms. The first-order valence-electron chi connectivity index (χ1n) is 2.79. The van der Waals surface area contributed by atoms with Crippen LogP contribution < -0.4 is 0 Å². The standard InChI is InChI=1S/C6H9NO2S/c1-3-7(5-10)6(8)9-4-2/h3,5H,1,4H2,2H3. The lowest BCUT2D eigenvalue weighted by Crippen LogP contribution is -2.23. The zero-order chi connectivity index (χ0) is 7.98. The van der Waals surface area contributed by atoms with Crippen LogP contribution in [0.15, 0.2) is 12.8 Å². The molecule has 0 N–H and O–H groups in total. The van der Waals surface area contributed by atoms with Crippen molar-refractivity contribution in [1.29, 1.82) is 0 Å². The number of thiocarbonyl (C=S) groups is 1. The van der Waals surface area contributed by atoms with Gasteiger partial charge in [-0.2, -0.15) is 0 Å². The van der Waals surface area contributed by atoms with Crippen LogP contribution in [-0.4, -0.2) is 23.1 Å². The van der Waals surface area contributed by atoms with Crippen molar-refractivity contribution in [2.24, 2.45) is 0 Å². The highest BCUT2D eigenvalue weighted by atomic mass is 32.1. The van der Waals surface area contributed by atoms with Crippen molar-refractivity contribution in [3.63, 3.8) is 0 Å². The van der Waals surface area contributed by atoms with Crippen molar-refractivity contribution >= 4 is 23.8 Å². The number of ether oxygens (including phenoxy) is 1. The van der Waals surface area contributed by atoms with Gasteiger partial charge in [0.15, 0.2) is 0 Å². The van der Waals surface area contributed by atoms with Gasteiger partial charge in [-0.05, 0) is 6.92 Å². The first-order valence-corrected chi connectivity index (χ1v) is 3.26. The summed E-state index contributed by atoms with van der Waals surface area (Å²) in [6.45, 7) is 5.43. The summed E-state index contributed by atoms with van der Waals surface area (Å²) >= 11 is 4.49. The molecule has 0 aliphatic carbocycles. The fourth-order valence-corrected chi connectivity index (χ4v) is 0.531. The van der Waals surface area contributed by atoms with Crippen LogP contribution in [-0.2, 0) is 4.74 Å². The highest BCUT2D eigenvalue weighted by molar-refractivity contribution is 7.78. The molecule has 0 radical (unpaired) electrons. The van der Waals surface area contributed by atoms with Crippen molar-refractivity contribution in [3.05, 3.63) is 12.8 Å². The Balaban J connectivity index is 3.88. The Kier molecular flexibility index (Phi) is 4.49. The average Bonchev–Trinajstić information content (AvgIpc) is 1.91. The minimum Gasteiger partial charge on any atom is -0.449 e. The third kappa shape index (κ3) is 2.59. The number of hydrogen-bond donors (Lipinski definition) is 0. The fraction of sp³-hybridized carbons (Fsp3) is 0.333. The molecular weight excluding hydrogens is 150 g/mol. The molecule has 0 fully saturated rings. The molecule has 56 valence electrons. The molecule has 10 heavy (non-hydrogen) atoms. The van der Waals surface area contributed by atoms with Crippen molar-refractivity contribution < 1.29 is 9.53 Å². The van der Waals surface area contributed by atoms with E-state index in [2.05, 4.69) is 23.5 Å². The number of carbonyl (C=O) groups excluding carboxylic acids is 1. The maximum atomic E-state index is 10.7. The smallest absolute Gasteiger partial charge is 0.418 e. The number of amides is 1. The van der Waals surface area contributed by atoms with Crippen molar-refractivity contribution in [1.82, 2.24) is 4.90 Å². The summed E-state index contributed by atoms with van der Waals surface area (Å²) in [6, 6.07) is 0. The molecule has 4 heteroatoms. The number of rotatable bonds is 3. The van der Waals surface area contributed by atoms with Crippen LogP contribution in [0.5, 0.6) is 0 Å². The largest absolute Gasteiger partial charge is 0.449 e. The molecule has 0 rings (SSSR count). The van der Waals surface area contributed by atoms with E-state index >= 15 is 0 Å². The van der Waals surface area contributed by atoms with Gasteiger partial charge in [-0.15, -0.1) is 0 Å². The monoisotopic (exact) mass is 159 g/mol. The lowest BCUT2D eigenvalue weighted by atomic mass is 10.8. The number of hydrogen-bond acceptors (Lipinski definition) is 3. The predicted octanol–water partition coefficient (Wildman–Crippen LogP) is 1.55. The van der Waals surface area contributed by atoms with Gasteiger partial charge in [0.05, 0.1) is 12.1 Å². The number of carbonyl (C=O) groups is 1. The Morgan fingerprint density at radius 1 is 1.90 bits per heavy atom. The predicted molar refractivity (Wildman–Crippen MR) is 42.7 cm³/mol. The molecule has 0 aliphatic heterocycles. The number of nitrogens with zero attached hydrogens (tertiary/aromatic N) is 1. The van der Waals surface area contributed by atoms with Crippen LogP contribution in [0.1, 0.15) is 6.92 Å². The van der Waals surface area contributed by atoms with Crippen molar-refractivity contribution in [2.45, 2.75) is 6.92 Å².